The van der Waals surface area contributed by atoms with Gasteiger partial charge in [0.2, 0.25) is 5.91 Å². The minimum Gasteiger partial charge on any atom is -0.445 e. The number of halogens is 1. The predicted octanol–water partition coefficient (Wildman–Crippen LogP) is 3.76. The molecule has 0 radical (unpaired) electrons. The Bertz CT molecular complexity index is 1130. The summed E-state index contributed by atoms with van der Waals surface area (Å²) in [5.74, 6) is -1.00. The molecule has 0 aromatic heterocycles. The van der Waals surface area contributed by atoms with Gasteiger partial charge in [-0.3, -0.25) is 4.79 Å². The number of amides is 2. The number of nitrogens with one attached hydrogen (secondary N) is 3. The molecule has 3 N–H and O–H groups in total. The van der Waals surface area contributed by atoms with Crippen molar-refractivity contribution in [1.29, 1.82) is 5.26 Å². The summed E-state index contributed by atoms with van der Waals surface area (Å²) in [4.78, 5) is 25.2. The molecule has 0 aliphatic carbocycles. The third-order valence-corrected chi connectivity index (χ3v) is 4.97. The number of nitriles is 1. The molecule has 7 nitrogen and oxygen atoms in total. The van der Waals surface area contributed by atoms with Crippen molar-refractivity contribution in [3.63, 3.8) is 0 Å². The fraction of sp³-hybridized carbons (Fsp3) is 0.192. The maximum atomic E-state index is 13.7. The lowest BCUT2D eigenvalue weighted by atomic mass is 10.1. The average molecular weight is 461 g/mol. The zero-order chi connectivity index (χ0) is 24.2. The summed E-state index contributed by atoms with van der Waals surface area (Å²) in [5.41, 5.74) is 1.98. The van der Waals surface area contributed by atoms with Crippen molar-refractivity contribution in [2.45, 2.75) is 19.1 Å². The van der Waals surface area contributed by atoms with E-state index in [1.807, 2.05) is 66.7 Å². The first-order valence-corrected chi connectivity index (χ1v) is 10.8. The standard InChI is InChI=1S/C26H25FN4O3/c27-22-12-7-13-23(21(22)17-28)29-14-15-30-25(32)24(16-19-8-3-1-4-9-19)31-26(33)34-18-20-10-5-2-6-11-20/h1-13,24,29H,14-16,18H2,(H,30,32)(H,31,33)/t24-/m0/s1. The highest BCUT2D eigenvalue weighted by molar-refractivity contribution is 5.86. The van der Waals surface area contributed by atoms with Crippen LogP contribution in [0.3, 0.4) is 0 Å². The first kappa shape index (κ1) is 24.3. The maximum absolute atomic E-state index is 13.7. The second kappa shape index (κ2) is 12.6. The Morgan fingerprint density at radius 2 is 1.59 bits per heavy atom. The number of nitrogens with zero attached hydrogens (tertiary/aromatic N) is 1. The van der Waals surface area contributed by atoms with Crippen LogP contribution in [0.5, 0.6) is 0 Å². The highest BCUT2D eigenvalue weighted by Crippen LogP contribution is 2.17. The number of hydrogen-bond acceptors (Lipinski definition) is 5. The molecule has 3 aromatic carbocycles. The molecule has 0 spiro atoms. The van der Waals surface area contributed by atoms with Crippen LogP contribution in [-0.2, 0) is 22.6 Å². The lowest BCUT2D eigenvalue weighted by Crippen LogP contribution is -2.49. The third kappa shape index (κ3) is 7.35. The maximum Gasteiger partial charge on any atom is 0.408 e. The number of carbonyl (C=O) groups is 2. The lowest BCUT2D eigenvalue weighted by molar-refractivity contribution is -0.123. The molecule has 174 valence electrons. The molecular weight excluding hydrogens is 435 g/mol. The van der Waals surface area contributed by atoms with Gasteiger partial charge in [-0.05, 0) is 23.3 Å². The summed E-state index contributed by atoms with van der Waals surface area (Å²) in [6, 6.07) is 23.8. The van der Waals surface area contributed by atoms with Gasteiger partial charge in [-0.25, -0.2) is 9.18 Å². The second-order valence-electron chi connectivity index (χ2n) is 7.44. The zero-order valence-corrected chi connectivity index (χ0v) is 18.5. The monoisotopic (exact) mass is 460 g/mol. The van der Waals surface area contributed by atoms with E-state index in [4.69, 9.17) is 10.00 Å². The summed E-state index contributed by atoms with van der Waals surface area (Å²) < 4.78 is 19.0. The van der Waals surface area contributed by atoms with Crippen LogP contribution in [0.25, 0.3) is 0 Å². The molecule has 1 atom stereocenters. The number of anilines is 1. The van der Waals surface area contributed by atoms with E-state index in [2.05, 4.69) is 16.0 Å². The van der Waals surface area contributed by atoms with E-state index in [1.165, 1.54) is 12.1 Å². The first-order valence-electron chi connectivity index (χ1n) is 10.8. The van der Waals surface area contributed by atoms with Gasteiger partial charge in [-0.2, -0.15) is 5.26 Å². The number of benzene rings is 3. The van der Waals surface area contributed by atoms with Crippen LogP contribution in [-0.4, -0.2) is 31.1 Å². The highest BCUT2D eigenvalue weighted by Gasteiger charge is 2.22. The van der Waals surface area contributed by atoms with Crippen molar-refractivity contribution in [2.24, 2.45) is 0 Å². The van der Waals surface area contributed by atoms with Crippen LogP contribution >= 0.6 is 0 Å². The topological polar surface area (TPSA) is 103 Å². The molecular formula is C26H25FN4O3. The summed E-state index contributed by atoms with van der Waals surface area (Å²) in [5, 5.41) is 17.4. The van der Waals surface area contributed by atoms with Crippen molar-refractivity contribution in [3.05, 3.63) is 101 Å². The fourth-order valence-corrected chi connectivity index (χ4v) is 3.26. The van der Waals surface area contributed by atoms with E-state index >= 15 is 0 Å². The Kier molecular flexibility index (Phi) is 9.00. The van der Waals surface area contributed by atoms with Crippen molar-refractivity contribution in [3.8, 4) is 6.07 Å². The van der Waals surface area contributed by atoms with Crippen LogP contribution in [0.4, 0.5) is 14.9 Å². The van der Waals surface area contributed by atoms with Gasteiger partial charge < -0.3 is 20.7 Å². The minimum absolute atomic E-state index is 0.0846. The van der Waals surface area contributed by atoms with Crippen molar-refractivity contribution >= 4 is 17.7 Å². The quantitative estimate of drug-likeness (QED) is 0.400. The van der Waals surface area contributed by atoms with Crippen LogP contribution in [0.1, 0.15) is 16.7 Å². The Labute approximate surface area is 197 Å². The molecule has 0 saturated carbocycles. The summed E-state index contributed by atoms with van der Waals surface area (Å²) in [6.07, 6.45) is -0.417. The number of alkyl carbamates (subject to hydrolysis) is 1. The van der Waals surface area contributed by atoms with Gasteiger partial charge in [0.1, 0.15) is 30.1 Å². The first-order chi connectivity index (χ1) is 16.6. The van der Waals surface area contributed by atoms with E-state index in [0.717, 1.165) is 11.1 Å². The fourth-order valence-electron chi connectivity index (χ4n) is 3.26. The van der Waals surface area contributed by atoms with Crippen molar-refractivity contribution in [1.82, 2.24) is 10.6 Å². The Morgan fingerprint density at radius 3 is 2.26 bits per heavy atom. The SMILES string of the molecule is N#Cc1c(F)cccc1NCCNC(=O)[C@H](Cc1ccccc1)NC(=O)OCc1ccccc1. The molecule has 0 bridgehead atoms. The average Bonchev–Trinajstić information content (AvgIpc) is 2.86. The third-order valence-electron chi connectivity index (χ3n) is 4.97. The van der Waals surface area contributed by atoms with Crippen LogP contribution < -0.4 is 16.0 Å². The van der Waals surface area contributed by atoms with Gasteiger partial charge >= 0.3 is 6.09 Å². The van der Waals surface area contributed by atoms with E-state index in [-0.39, 0.29) is 37.6 Å². The van der Waals surface area contributed by atoms with E-state index in [1.54, 1.807) is 6.07 Å². The number of hydrogen-bond donors (Lipinski definition) is 3. The van der Waals surface area contributed by atoms with E-state index in [9.17, 15) is 14.0 Å². The van der Waals surface area contributed by atoms with Gasteiger partial charge in [0.25, 0.3) is 0 Å². The Balaban J connectivity index is 1.55. The Morgan fingerprint density at radius 1 is 0.912 bits per heavy atom. The zero-order valence-electron chi connectivity index (χ0n) is 18.5. The number of ether oxygens (including phenoxy) is 1. The molecule has 0 unspecified atom stereocenters. The lowest BCUT2D eigenvalue weighted by Gasteiger charge is -2.19. The number of carbonyl (C=O) groups excluding carboxylic acids is 2. The van der Waals surface area contributed by atoms with Gasteiger partial charge in [-0.1, -0.05) is 66.7 Å². The predicted molar refractivity (Wildman–Crippen MR) is 126 cm³/mol. The van der Waals surface area contributed by atoms with Gasteiger partial charge in [0, 0.05) is 19.5 Å². The molecule has 0 fully saturated rings. The second-order valence-corrected chi connectivity index (χ2v) is 7.44. The number of rotatable bonds is 10. The molecule has 0 saturated heterocycles. The molecule has 3 aromatic rings. The van der Waals surface area contributed by atoms with Gasteiger partial charge in [-0.15, -0.1) is 0 Å². The molecule has 2 amide bonds. The Hall–Kier alpha value is -4.38. The minimum atomic E-state index is -0.852. The van der Waals surface area contributed by atoms with Crippen LogP contribution in [0.15, 0.2) is 78.9 Å². The smallest absolute Gasteiger partial charge is 0.408 e. The summed E-state index contributed by atoms with van der Waals surface area (Å²) in [6.45, 7) is 0.553. The molecule has 0 aliphatic heterocycles. The van der Waals surface area contributed by atoms with Crippen LogP contribution in [0, 0.1) is 17.1 Å². The molecule has 34 heavy (non-hydrogen) atoms. The molecule has 8 heteroatoms. The van der Waals surface area contributed by atoms with Gasteiger partial charge in [0.15, 0.2) is 0 Å². The molecule has 3 rings (SSSR count). The summed E-state index contributed by atoms with van der Waals surface area (Å²) in [7, 11) is 0. The van der Waals surface area contributed by atoms with Crippen LogP contribution in [0.2, 0.25) is 0 Å². The summed E-state index contributed by atoms with van der Waals surface area (Å²) >= 11 is 0. The van der Waals surface area contributed by atoms with Gasteiger partial charge in [0.05, 0.1) is 5.69 Å². The van der Waals surface area contributed by atoms with E-state index < -0.39 is 18.0 Å². The normalized spacial score (nSPS) is 11.1. The highest BCUT2D eigenvalue weighted by atomic mass is 19.1. The van der Waals surface area contributed by atoms with Crippen molar-refractivity contribution < 1.29 is 18.7 Å². The largest absolute Gasteiger partial charge is 0.445 e. The van der Waals surface area contributed by atoms with E-state index in [0.29, 0.717) is 5.69 Å². The molecule has 0 aliphatic rings. The molecule has 0 heterocycles. The van der Waals surface area contributed by atoms with Crippen molar-refractivity contribution in [2.75, 3.05) is 18.4 Å².